The number of nitrogens with zero attached hydrogens (tertiary/aromatic N) is 1. The molecular formula is C25H32N2O5. The van der Waals surface area contributed by atoms with Gasteiger partial charge >= 0.3 is 5.97 Å². The SMILES string of the molecule is CCOC(=O)CC1c2cc(OC)c(OC)cc2CCN1CC(=O)Nc1ccc(CC)cc1. The van der Waals surface area contributed by atoms with Crippen LogP contribution < -0.4 is 14.8 Å². The average molecular weight is 441 g/mol. The number of fused-ring (bicyclic) bond motifs is 1. The standard InChI is InChI=1S/C25H32N2O5/c1-5-17-7-9-19(10-8-17)26-24(28)16-27-12-11-18-13-22(30-3)23(31-4)14-20(18)21(27)15-25(29)32-6-2/h7-10,13-14,21H,5-6,11-12,15-16H2,1-4H3,(H,26,28). The molecule has 0 saturated heterocycles. The summed E-state index contributed by atoms with van der Waals surface area (Å²) >= 11 is 0. The molecule has 172 valence electrons. The van der Waals surface area contributed by atoms with E-state index in [1.165, 1.54) is 5.56 Å². The summed E-state index contributed by atoms with van der Waals surface area (Å²) in [5.41, 5.74) is 4.03. The zero-order valence-electron chi connectivity index (χ0n) is 19.3. The van der Waals surface area contributed by atoms with Crippen molar-refractivity contribution in [2.24, 2.45) is 0 Å². The van der Waals surface area contributed by atoms with Gasteiger partial charge in [-0.05, 0) is 60.7 Å². The van der Waals surface area contributed by atoms with Crippen molar-refractivity contribution in [3.63, 3.8) is 0 Å². The van der Waals surface area contributed by atoms with E-state index in [1.807, 2.05) is 41.3 Å². The van der Waals surface area contributed by atoms with E-state index >= 15 is 0 Å². The van der Waals surface area contributed by atoms with Gasteiger partial charge in [0.05, 0.1) is 33.8 Å². The van der Waals surface area contributed by atoms with E-state index in [4.69, 9.17) is 14.2 Å². The topological polar surface area (TPSA) is 77.1 Å². The van der Waals surface area contributed by atoms with E-state index in [-0.39, 0.29) is 30.9 Å². The molecule has 1 unspecified atom stereocenters. The molecule has 0 aliphatic carbocycles. The molecule has 0 aromatic heterocycles. The van der Waals surface area contributed by atoms with Crippen molar-refractivity contribution in [2.75, 3.05) is 39.2 Å². The Morgan fingerprint density at radius 3 is 2.38 bits per heavy atom. The zero-order chi connectivity index (χ0) is 23.1. The summed E-state index contributed by atoms with van der Waals surface area (Å²) in [6, 6.07) is 11.4. The maximum Gasteiger partial charge on any atom is 0.307 e. The number of esters is 1. The maximum absolute atomic E-state index is 12.8. The van der Waals surface area contributed by atoms with Gasteiger partial charge in [0, 0.05) is 18.3 Å². The van der Waals surface area contributed by atoms with Crippen LogP contribution in [-0.4, -0.2) is 50.7 Å². The Kier molecular flexibility index (Phi) is 8.11. The normalized spacial score (nSPS) is 15.6. The molecule has 0 bridgehead atoms. The van der Waals surface area contributed by atoms with Crippen LogP contribution in [0.4, 0.5) is 5.69 Å². The van der Waals surface area contributed by atoms with E-state index in [9.17, 15) is 9.59 Å². The molecular weight excluding hydrogens is 408 g/mol. The molecule has 1 aliphatic heterocycles. The average Bonchev–Trinajstić information content (AvgIpc) is 2.80. The van der Waals surface area contributed by atoms with E-state index in [2.05, 4.69) is 12.2 Å². The van der Waals surface area contributed by atoms with E-state index < -0.39 is 0 Å². The molecule has 32 heavy (non-hydrogen) atoms. The third kappa shape index (κ3) is 5.59. The van der Waals surface area contributed by atoms with Gasteiger partial charge in [0.1, 0.15) is 0 Å². The molecule has 3 rings (SSSR count). The Morgan fingerprint density at radius 2 is 1.75 bits per heavy atom. The highest BCUT2D eigenvalue weighted by Crippen LogP contribution is 2.39. The minimum atomic E-state index is -0.291. The Labute approximate surface area is 189 Å². The summed E-state index contributed by atoms with van der Waals surface area (Å²) in [7, 11) is 3.19. The number of methoxy groups -OCH3 is 2. The number of aryl methyl sites for hydroxylation is 1. The zero-order valence-corrected chi connectivity index (χ0v) is 19.3. The van der Waals surface area contributed by atoms with Crippen LogP contribution in [0.3, 0.4) is 0 Å². The Hall–Kier alpha value is -3.06. The summed E-state index contributed by atoms with van der Waals surface area (Å²) in [6.07, 6.45) is 1.85. The number of amides is 1. The molecule has 1 N–H and O–H groups in total. The van der Waals surface area contributed by atoms with E-state index in [0.29, 0.717) is 24.7 Å². The minimum absolute atomic E-state index is 0.118. The van der Waals surface area contributed by atoms with Gasteiger partial charge < -0.3 is 19.5 Å². The van der Waals surface area contributed by atoms with Gasteiger partial charge in [-0.1, -0.05) is 19.1 Å². The maximum atomic E-state index is 12.8. The highest BCUT2D eigenvalue weighted by atomic mass is 16.5. The number of nitrogens with one attached hydrogen (secondary N) is 1. The fourth-order valence-electron chi connectivity index (χ4n) is 4.09. The second-order valence-electron chi connectivity index (χ2n) is 7.75. The third-order valence-electron chi connectivity index (χ3n) is 5.77. The van der Waals surface area contributed by atoms with Crippen LogP contribution in [0.25, 0.3) is 0 Å². The summed E-state index contributed by atoms with van der Waals surface area (Å²) < 4.78 is 16.1. The number of ether oxygens (including phenoxy) is 3. The van der Waals surface area contributed by atoms with Crippen LogP contribution in [-0.2, 0) is 27.2 Å². The van der Waals surface area contributed by atoms with Crippen molar-refractivity contribution in [1.29, 1.82) is 0 Å². The van der Waals surface area contributed by atoms with Crippen molar-refractivity contribution in [1.82, 2.24) is 4.90 Å². The van der Waals surface area contributed by atoms with Crippen LogP contribution in [0.2, 0.25) is 0 Å². The lowest BCUT2D eigenvalue weighted by atomic mass is 9.90. The van der Waals surface area contributed by atoms with Crippen LogP contribution in [0, 0.1) is 0 Å². The number of hydrogen-bond acceptors (Lipinski definition) is 6. The molecule has 1 aliphatic rings. The van der Waals surface area contributed by atoms with Gasteiger partial charge in [-0.3, -0.25) is 14.5 Å². The molecule has 0 radical (unpaired) electrons. The highest BCUT2D eigenvalue weighted by Gasteiger charge is 2.32. The summed E-state index contributed by atoms with van der Waals surface area (Å²) in [6.45, 7) is 5.02. The number of hydrogen-bond donors (Lipinski definition) is 1. The van der Waals surface area contributed by atoms with Crippen LogP contribution >= 0.6 is 0 Å². The fourth-order valence-corrected chi connectivity index (χ4v) is 4.09. The van der Waals surface area contributed by atoms with Crippen molar-refractivity contribution in [3.05, 3.63) is 53.1 Å². The lowest BCUT2D eigenvalue weighted by molar-refractivity contribution is -0.145. The number of carbonyl (C=O) groups excluding carboxylic acids is 2. The van der Waals surface area contributed by atoms with Gasteiger partial charge in [0.15, 0.2) is 11.5 Å². The second kappa shape index (κ2) is 11.0. The second-order valence-corrected chi connectivity index (χ2v) is 7.75. The first-order chi connectivity index (χ1) is 15.5. The van der Waals surface area contributed by atoms with E-state index in [0.717, 1.165) is 29.7 Å². The van der Waals surface area contributed by atoms with Gasteiger partial charge in [0.25, 0.3) is 0 Å². The Morgan fingerprint density at radius 1 is 1.06 bits per heavy atom. The van der Waals surface area contributed by atoms with Crippen molar-refractivity contribution >= 4 is 17.6 Å². The molecule has 2 aromatic rings. The highest BCUT2D eigenvalue weighted by molar-refractivity contribution is 5.92. The molecule has 0 saturated carbocycles. The third-order valence-corrected chi connectivity index (χ3v) is 5.77. The Balaban J connectivity index is 1.82. The molecule has 2 aromatic carbocycles. The molecule has 1 heterocycles. The quantitative estimate of drug-likeness (QED) is 0.599. The smallest absolute Gasteiger partial charge is 0.307 e. The van der Waals surface area contributed by atoms with Crippen LogP contribution in [0.15, 0.2) is 36.4 Å². The van der Waals surface area contributed by atoms with Gasteiger partial charge in [-0.2, -0.15) is 0 Å². The molecule has 1 atom stereocenters. The van der Waals surface area contributed by atoms with Crippen molar-refractivity contribution in [3.8, 4) is 11.5 Å². The molecule has 7 heteroatoms. The molecule has 7 nitrogen and oxygen atoms in total. The largest absolute Gasteiger partial charge is 0.493 e. The van der Waals surface area contributed by atoms with Crippen molar-refractivity contribution in [2.45, 2.75) is 39.2 Å². The first-order valence-corrected chi connectivity index (χ1v) is 11.0. The Bertz CT molecular complexity index is 942. The van der Waals surface area contributed by atoms with Gasteiger partial charge in [0.2, 0.25) is 5.91 Å². The van der Waals surface area contributed by atoms with Crippen LogP contribution in [0.5, 0.6) is 11.5 Å². The summed E-state index contributed by atoms with van der Waals surface area (Å²) in [5, 5.41) is 2.96. The van der Waals surface area contributed by atoms with Crippen LogP contribution in [0.1, 0.15) is 43.0 Å². The van der Waals surface area contributed by atoms with Crippen molar-refractivity contribution < 1.29 is 23.8 Å². The first kappa shape index (κ1) is 23.6. The summed E-state index contributed by atoms with van der Waals surface area (Å²) in [4.78, 5) is 27.2. The molecule has 0 fully saturated rings. The predicted octanol–water partition coefficient (Wildman–Crippen LogP) is 3.76. The minimum Gasteiger partial charge on any atom is -0.493 e. The number of rotatable bonds is 9. The van der Waals surface area contributed by atoms with E-state index in [1.54, 1.807) is 21.1 Å². The number of anilines is 1. The lowest BCUT2D eigenvalue weighted by Gasteiger charge is -2.37. The molecule has 1 amide bonds. The monoisotopic (exact) mass is 440 g/mol. The lowest BCUT2D eigenvalue weighted by Crippen LogP contribution is -2.41. The summed E-state index contributed by atoms with van der Waals surface area (Å²) in [5.74, 6) is 0.845. The van der Waals surface area contributed by atoms with Gasteiger partial charge in [-0.25, -0.2) is 0 Å². The van der Waals surface area contributed by atoms with Gasteiger partial charge in [-0.15, -0.1) is 0 Å². The fraction of sp³-hybridized carbons (Fsp3) is 0.440. The predicted molar refractivity (Wildman–Crippen MR) is 123 cm³/mol. The number of benzene rings is 2. The first-order valence-electron chi connectivity index (χ1n) is 11.0. The molecule has 0 spiro atoms. The number of carbonyl (C=O) groups is 2.